The van der Waals surface area contributed by atoms with Gasteiger partial charge in [0.05, 0.1) is 19.0 Å². The van der Waals surface area contributed by atoms with Gasteiger partial charge in [-0.1, -0.05) is 30.3 Å². The van der Waals surface area contributed by atoms with Crippen LogP contribution < -0.4 is 5.32 Å². The smallest absolute Gasteiger partial charge is 0.305 e. The Bertz CT molecular complexity index is 544. The molecule has 1 fully saturated rings. The van der Waals surface area contributed by atoms with Crippen molar-refractivity contribution in [3.8, 4) is 0 Å². The Balaban J connectivity index is 1.98. The number of benzene rings is 1. The molecule has 0 saturated carbocycles. The molecule has 0 unspecified atom stereocenters. The first-order valence-corrected chi connectivity index (χ1v) is 7.40. The van der Waals surface area contributed by atoms with Gasteiger partial charge in [-0.25, -0.2) is 0 Å². The molecule has 0 spiro atoms. The number of likely N-dealkylation sites (tertiary alicyclic amines) is 1. The number of hydrogen-bond acceptors (Lipinski definition) is 3. The van der Waals surface area contributed by atoms with E-state index in [0.717, 1.165) is 18.4 Å². The minimum absolute atomic E-state index is 0.0121. The van der Waals surface area contributed by atoms with Gasteiger partial charge in [0.15, 0.2) is 0 Å². The molecule has 1 aliphatic heterocycles. The standard InChI is InChI=1S/C16H20N2O4/c19-14(11-18-9-5-4-8-15(18)20)17-13(10-16(21)22)12-6-2-1-3-7-12/h1-3,6-7,13H,4-5,8-11H2,(H,17,19)(H,21,22)/t13-/m0/s1. The van der Waals surface area contributed by atoms with Gasteiger partial charge in [-0.15, -0.1) is 0 Å². The predicted molar refractivity (Wildman–Crippen MR) is 80.0 cm³/mol. The molecule has 1 aliphatic rings. The second-order valence-electron chi connectivity index (χ2n) is 5.40. The maximum absolute atomic E-state index is 12.1. The Morgan fingerprint density at radius 2 is 1.95 bits per heavy atom. The molecule has 1 atom stereocenters. The number of carboxylic acids is 1. The predicted octanol–water partition coefficient (Wildman–Crippen LogP) is 1.33. The first-order valence-electron chi connectivity index (χ1n) is 7.40. The average molecular weight is 304 g/mol. The van der Waals surface area contributed by atoms with Crippen molar-refractivity contribution in [3.63, 3.8) is 0 Å². The number of nitrogens with zero attached hydrogens (tertiary/aromatic N) is 1. The normalized spacial score (nSPS) is 16.2. The SMILES string of the molecule is O=C(O)C[C@H](NC(=O)CN1CCCCC1=O)c1ccccc1. The van der Waals surface area contributed by atoms with Crippen LogP contribution in [0.4, 0.5) is 0 Å². The molecule has 2 rings (SSSR count). The second-order valence-corrected chi connectivity index (χ2v) is 5.40. The van der Waals surface area contributed by atoms with E-state index in [1.165, 1.54) is 4.90 Å². The molecule has 0 aliphatic carbocycles. The van der Waals surface area contributed by atoms with E-state index in [9.17, 15) is 14.4 Å². The highest BCUT2D eigenvalue weighted by atomic mass is 16.4. The molecule has 0 aromatic heterocycles. The lowest BCUT2D eigenvalue weighted by molar-refractivity contribution is -0.139. The van der Waals surface area contributed by atoms with Gasteiger partial charge < -0.3 is 15.3 Å². The third-order valence-electron chi connectivity index (χ3n) is 3.67. The zero-order valence-corrected chi connectivity index (χ0v) is 12.3. The molecule has 0 radical (unpaired) electrons. The molecular formula is C16H20N2O4. The number of hydrogen-bond donors (Lipinski definition) is 2. The van der Waals surface area contributed by atoms with Crippen LogP contribution in [0.25, 0.3) is 0 Å². The summed E-state index contributed by atoms with van der Waals surface area (Å²) in [7, 11) is 0. The number of piperidine rings is 1. The summed E-state index contributed by atoms with van der Waals surface area (Å²) >= 11 is 0. The van der Waals surface area contributed by atoms with Crippen LogP contribution in [0, 0.1) is 0 Å². The quantitative estimate of drug-likeness (QED) is 0.830. The van der Waals surface area contributed by atoms with E-state index in [4.69, 9.17) is 5.11 Å². The Labute approximate surface area is 129 Å². The van der Waals surface area contributed by atoms with Crippen LogP contribution in [0.3, 0.4) is 0 Å². The summed E-state index contributed by atoms with van der Waals surface area (Å²) in [6.45, 7) is 0.572. The summed E-state index contributed by atoms with van der Waals surface area (Å²) in [5, 5.41) is 11.7. The number of carbonyl (C=O) groups is 3. The fourth-order valence-electron chi connectivity index (χ4n) is 2.55. The van der Waals surface area contributed by atoms with Crippen LogP contribution in [0.2, 0.25) is 0 Å². The monoisotopic (exact) mass is 304 g/mol. The summed E-state index contributed by atoms with van der Waals surface area (Å²) in [6, 6.07) is 8.39. The lowest BCUT2D eigenvalue weighted by Gasteiger charge is -2.27. The summed E-state index contributed by atoms with van der Waals surface area (Å²) in [5.74, 6) is -1.33. The molecule has 1 saturated heterocycles. The number of rotatable bonds is 6. The van der Waals surface area contributed by atoms with Gasteiger partial charge in [0.1, 0.15) is 0 Å². The minimum Gasteiger partial charge on any atom is -0.481 e. The van der Waals surface area contributed by atoms with Gasteiger partial charge >= 0.3 is 5.97 Å². The molecular weight excluding hydrogens is 284 g/mol. The highest BCUT2D eigenvalue weighted by Crippen LogP contribution is 2.17. The van der Waals surface area contributed by atoms with Crippen molar-refractivity contribution in [3.05, 3.63) is 35.9 Å². The van der Waals surface area contributed by atoms with Crippen molar-refractivity contribution in [2.75, 3.05) is 13.1 Å². The van der Waals surface area contributed by atoms with Crippen molar-refractivity contribution in [2.45, 2.75) is 31.7 Å². The van der Waals surface area contributed by atoms with Gasteiger partial charge in [-0.05, 0) is 18.4 Å². The number of carbonyl (C=O) groups excluding carboxylic acids is 2. The van der Waals surface area contributed by atoms with Gasteiger partial charge in [0.25, 0.3) is 0 Å². The van der Waals surface area contributed by atoms with Crippen LogP contribution in [-0.4, -0.2) is 40.9 Å². The average Bonchev–Trinajstić information content (AvgIpc) is 2.49. The Morgan fingerprint density at radius 1 is 1.23 bits per heavy atom. The van der Waals surface area contributed by atoms with E-state index in [1.807, 2.05) is 6.07 Å². The van der Waals surface area contributed by atoms with Crippen LogP contribution >= 0.6 is 0 Å². The second kappa shape index (κ2) is 7.59. The molecule has 0 bridgehead atoms. The number of amides is 2. The van der Waals surface area contributed by atoms with Gasteiger partial charge in [-0.3, -0.25) is 14.4 Å². The van der Waals surface area contributed by atoms with Crippen molar-refractivity contribution in [1.82, 2.24) is 10.2 Å². The van der Waals surface area contributed by atoms with Crippen LogP contribution in [0.15, 0.2) is 30.3 Å². The molecule has 1 heterocycles. The molecule has 2 amide bonds. The molecule has 6 nitrogen and oxygen atoms in total. The summed E-state index contributed by atoms with van der Waals surface area (Å²) in [5.41, 5.74) is 0.739. The Hall–Kier alpha value is -2.37. The summed E-state index contributed by atoms with van der Waals surface area (Å²) in [4.78, 5) is 36.4. The summed E-state index contributed by atoms with van der Waals surface area (Å²) < 4.78 is 0. The lowest BCUT2D eigenvalue weighted by atomic mass is 10.0. The largest absolute Gasteiger partial charge is 0.481 e. The first kappa shape index (κ1) is 16.0. The number of aliphatic carboxylic acids is 1. The van der Waals surface area contributed by atoms with Crippen LogP contribution in [0.1, 0.15) is 37.3 Å². The van der Waals surface area contributed by atoms with E-state index in [2.05, 4.69) is 5.32 Å². The molecule has 6 heteroatoms. The van der Waals surface area contributed by atoms with E-state index < -0.39 is 12.0 Å². The topological polar surface area (TPSA) is 86.7 Å². The third kappa shape index (κ3) is 4.58. The zero-order chi connectivity index (χ0) is 15.9. The fraction of sp³-hybridized carbons (Fsp3) is 0.438. The van der Waals surface area contributed by atoms with Crippen molar-refractivity contribution in [2.24, 2.45) is 0 Å². The first-order chi connectivity index (χ1) is 10.6. The van der Waals surface area contributed by atoms with Gasteiger partial charge in [0.2, 0.25) is 11.8 Å². The van der Waals surface area contributed by atoms with Crippen LogP contribution in [-0.2, 0) is 14.4 Å². The maximum atomic E-state index is 12.1. The van der Waals surface area contributed by atoms with E-state index >= 15 is 0 Å². The van der Waals surface area contributed by atoms with E-state index in [-0.39, 0.29) is 24.8 Å². The molecule has 118 valence electrons. The highest BCUT2D eigenvalue weighted by molar-refractivity contribution is 5.85. The lowest BCUT2D eigenvalue weighted by Crippen LogP contribution is -2.44. The third-order valence-corrected chi connectivity index (χ3v) is 3.67. The molecule has 22 heavy (non-hydrogen) atoms. The van der Waals surface area contributed by atoms with Crippen molar-refractivity contribution in [1.29, 1.82) is 0 Å². The molecule has 1 aromatic rings. The maximum Gasteiger partial charge on any atom is 0.305 e. The number of carboxylic acid groups (broad SMARTS) is 1. The van der Waals surface area contributed by atoms with Crippen molar-refractivity contribution >= 4 is 17.8 Å². The molecule has 1 aromatic carbocycles. The zero-order valence-electron chi connectivity index (χ0n) is 12.3. The Kier molecular flexibility index (Phi) is 5.52. The number of nitrogens with one attached hydrogen (secondary N) is 1. The van der Waals surface area contributed by atoms with E-state index in [0.29, 0.717) is 13.0 Å². The molecule has 2 N–H and O–H groups in total. The van der Waals surface area contributed by atoms with Crippen LogP contribution in [0.5, 0.6) is 0 Å². The van der Waals surface area contributed by atoms with Gasteiger partial charge in [0, 0.05) is 13.0 Å². The van der Waals surface area contributed by atoms with E-state index in [1.54, 1.807) is 24.3 Å². The summed E-state index contributed by atoms with van der Waals surface area (Å²) in [6.07, 6.45) is 2.05. The van der Waals surface area contributed by atoms with Gasteiger partial charge in [-0.2, -0.15) is 0 Å². The fourth-order valence-corrected chi connectivity index (χ4v) is 2.55. The highest BCUT2D eigenvalue weighted by Gasteiger charge is 2.23. The minimum atomic E-state index is -0.983. The van der Waals surface area contributed by atoms with Crippen molar-refractivity contribution < 1.29 is 19.5 Å². The Morgan fingerprint density at radius 3 is 2.59 bits per heavy atom.